The summed E-state index contributed by atoms with van der Waals surface area (Å²) in [4.78, 5) is 32.5. The summed E-state index contributed by atoms with van der Waals surface area (Å²) in [5.74, 6) is -0.0283. The molecule has 1 unspecified atom stereocenters. The number of pyridine rings is 1. The van der Waals surface area contributed by atoms with Gasteiger partial charge >= 0.3 is 0 Å². The van der Waals surface area contributed by atoms with Crippen molar-refractivity contribution in [1.82, 2.24) is 15.2 Å². The second-order valence-corrected chi connectivity index (χ2v) is 8.49. The molecular formula is C24H30N4O2. The molecule has 0 spiro atoms. The zero-order chi connectivity index (χ0) is 21.0. The second kappa shape index (κ2) is 8.96. The fourth-order valence-electron chi connectivity index (χ4n) is 4.70. The van der Waals surface area contributed by atoms with Crippen LogP contribution >= 0.6 is 0 Å². The molecule has 4 rings (SSSR count). The lowest BCUT2D eigenvalue weighted by Gasteiger charge is -2.44. The maximum absolute atomic E-state index is 13.2. The second-order valence-electron chi connectivity index (χ2n) is 8.49. The van der Waals surface area contributed by atoms with E-state index >= 15 is 0 Å². The van der Waals surface area contributed by atoms with Crippen molar-refractivity contribution in [3.05, 3.63) is 66.0 Å². The van der Waals surface area contributed by atoms with Crippen LogP contribution in [0, 0.1) is 5.41 Å². The molecule has 6 nitrogen and oxygen atoms in total. The lowest BCUT2D eigenvalue weighted by molar-refractivity contribution is -0.155. The Morgan fingerprint density at radius 1 is 1.13 bits per heavy atom. The largest absolute Gasteiger partial charge is 0.347 e. The van der Waals surface area contributed by atoms with Crippen LogP contribution in [0.4, 0.5) is 0 Å². The maximum atomic E-state index is 13.2. The normalized spacial score (nSPS) is 21.0. The Morgan fingerprint density at radius 2 is 1.87 bits per heavy atom. The molecule has 2 heterocycles. The molecule has 2 amide bonds. The Morgan fingerprint density at radius 3 is 2.47 bits per heavy atom. The van der Waals surface area contributed by atoms with Gasteiger partial charge in [-0.1, -0.05) is 49.2 Å². The minimum absolute atomic E-state index is 0.0647. The average molecular weight is 407 g/mol. The molecule has 2 aliphatic rings. The number of hydrogen-bond donors (Lipinski definition) is 2. The molecule has 1 saturated carbocycles. The number of amides is 2. The first-order valence-corrected chi connectivity index (χ1v) is 10.9. The zero-order valence-electron chi connectivity index (χ0n) is 17.3. The van der Waals surface area contributed by atoms with Gasteiger partial charge in [-0.15, -0.1) is 0 Å². The van der Waals surface area contributed by atoms with Crippen LogP contribution < -0.4 is 11.1 Å². The highest BCUT2D eigenvalue weighted by molar-refractivity contribution is 5.92. The Kier molecular flexibility index (Phi) is 6.13. The average Bonchev–Trinajstić information content (AvgIpc) is 3.24. The number of nitrogens with zero attached hydrogens (tertiary/aromatic N) is 2. The summed E-state index contributed by atoms with van der Waals surface area (Å²) >= 11 is 0. The number of aromatic nitrogens is 1. The van der Waals surface area contributed by atoms with Gasteiger partial charge in [0, 0.05) is 31.4 Å². The fourth-order valence-corrected chi connectivity index (χ4v) is 4.70. The third-order valence-corrected chi connectivity index (χ3v) is 6.65. The smallest absolute Gasteiger partial charge is 0.243 e. The Balaban J connectivity index is 1.47. The highest BCUT2D eigenvalue weighted by Gasteiger charge is 2.48. The standard InChI is InChI=1S/C24H30N4O2/c25-17-24(12-5-6-13-24)23(30)28-15-11-21(28)22(29)27-20(18-8-2-1-3-9-18)16-19-10-4-7-14-26-19/h1-4,7-10,14,20-21H,5-6,11-13,15-17,25H2,(H,27,29)/t20?,21-/m0/s1. The van der Waals surface area contributed by atoms with Gasteiger partial charge in [-0.25, -0.2) is 0 Å². The lowest BCUT2D eigenvalue weighted by atomic mass is 9.82. The predicted molar refractivity (Wildman–Crippen MR) is 115 cm³/mol. The molecule has 2 atom stereocenters. The van der Waals surface area contributed by atoms with Crippen molar-refractivity contribution in [2.24, 2.45) is 11.1 Å². The number of hydrogen-bond acceptors (Lipinski definition) is 4. The highest BCUT2D eigenvalue weighted by Crippen LogP contribution is 2.40. The van der Waals surface area contributed by atoms with Gasteiger partial charge in [-0.05, 0) is 37.0 Å². The third-order valence-electron chi connectivity index (χ3n) is 6.65. The SMILES string of the molecule is NCC1(C(=O)N2CC[C@H]2C(=O)NC(Cc2ccccn2)c2ccccc2)CCCC1. The molecule has 1 aliphatic carbocycles. The third kappa shape index (κ3) is 4.10. The first kappa shape index (κ1) is 20.5. The highest BCUT2D eigenvalue weighted by atomic mass is 16.2. The van der Waals surface area contributed by atoms with Gasteiger partial charge in [0.2, 0.25) is 11.8 Å². The van der Waals surface area contributed by atoms with Crippen LogP contribution in [-0.4, -0.2) is 40.8 Å². The molecule has 1 aromatic heterocycles. The topological polar surface area (TPSA) is 88.3 Å². The van der Waals surface area contributed by atoms with E-state index in [0.717, 1.165) is 36.9 Å². The van der Waals surface area contributed by atoms with Crippen LogP contribution in [0.2, 0.25) is 0 Å². The van der Waals surface area contributed by atoms with Crippen LogP contribution in [0.15, 0.2) is 54.7 Å². The molecule has 3 N–H and O–H groups in total. The van der Waals surface area contributed by atoms with E-state index in [0.29, 0.717) is 25.9 Å². The molecule has 1 aromatic carbocycles. The summed E-state index contributed by atoms with van der Waals surface area (Å²) in [5, 5.41) is 3.19. The molecule has 1 aliphatic heterocycles. The van der Waals surface area contributed by atoms with Crippen LogP contribution in [0.3, 0.4) is 0 Å². The summed E-state index contributed by atoms with van der Waals surface area (Å²) in [6, 6.07) is 15.1. The molecule has 158 valence electrons. The number of nitrogens with one attached hydrogen (secondary N) is 1. The van der Waals surface area contributed by atoms with Crippen molar-refractivity contribution >= 4 is 11.8 Å². The van der Waals surface area contributed by atoms with E-state index in [1.54, 1.807) is 11.1 Å². The van der Waals surface area contributed by atoms with Crippen molar-refractivity contribution in [3.8, 4) is 0 Å². The summed E-state index contributed by atoms with van der Waals surface area (Å²) in [6.45, 7) is 0.998. The summed E-state index contributed by atoms with van der Waals surface area (Å²) < 4.78 is 0. The monoisotopic (exact) mass is 406 g/mol. The van der Waals surface area contributed by atoms with E-state index in [1.807, 2.05) is 48.5 Å². The molecule has 2 aromatic rings. The molecule has 6 heteroatoms. The number of rotatable bonds is 7. The van der Waals surface area contributed by atoms with E-state index in [9.17, 15) is 9.59 Å². The fraction of sp³-hybridized carbons (Fsp3) is 0.458. The van der Waals surface area contributed by atoms with Gasteiger partial charge in [-0.3, -0.25) is 14.6 Å². The van der Waals surface area contributed by atoms with E-state index in [1.165, 1.54) is 0 Å². The van der Waals surface area contributed by atoms with Crippen LogP contribution in [0.5, 0.6) is 0 Å². The molecule has 1 saturated heterocycles. The minimum Gasteiger partial charge on any atom is -0.347 e. The van der Waals surface area contributed by atoms with Gasteiger partial charge in [0.25, 0.3) is 0 Å². The van der Waals surface area contributed by atoms with Crippen molar-refractivity contribution in [1.29, 1.82) is 0 Å². The summed E-state index contributed by atoms with van der Waals surface area (Å²) in [5.41, 5.74) is 7.48. The van der Waals surface area contributed by atoms with Crippen molar-refractivity contribution in [2.75, 3.05) is 13.1 Å². The number of nitrogens with two attached hydrogens (primary N) is 1. The van der Waals surface area contributed by atoms with Gasteiger partial charge in [-0.2, -0.15) is 0 Å². The van der Waals surface area contributed by atoms with Gasteiger partial charge in [0.1, 0.15) is 6.04 Å². The zero-order valence-corrected chi connectivity index (χ0v) is 17.3. The minimum atomic E-state index is -0.467. The number of carbonyl (C=O) groups excluding carboxylic acids is 2. The van der Waals surface area contributed by atoms with Crippen LogP contribution in [0.1, 0.15) is 49.4 Å². The van der Waals surface area contributed by atoms with Gasteiger partial charge in [0.05, 0.1) is 11.5 Å². The van der Waals surface area contributed by atoms with Crippen molar-refractivity contribution in [2.45, 2.75) is 50.6 Å². The number of carbonyl (C=O) groups is 2. The Labute approximate surface area is 177 Å². The molecule has 30 heavy (non-hydrogen) atoms. The lowest BCUT2D eigenvalue weighted by Crippen LogP contribution is -2.62. The van der Waals surface area contributed by atoms with E-state index in [-0.39, 0.29) is 17.9 Å². The molecule has 0 bridgehead atoms. The van der Waals surface area contributed by atoms with E-state index in [4.69, 9.17) is 5.73 Å². The summed E-state index contributed by atoms with van der Waals surface area (Å²) in [7, 11) is 0. The molecule has 2 fully saturated rings. The van der Waals surface area contributed by atoms with Gasteiger partial charge in [0.15, 0.2) is 0 Å². The maximum Gasteiger partial charge on any atom is 0.243 e. The van der Waals surface area contributed by atoms with E-state index in [2.05, 4.69) is 10.3 Å². The molecular weight excluding hydrogens is 376 g/mol. The van der Waals surface area contributed by atoms with Crippen LogP contribution in [0.25, 0.3) is 0 Å². The van der Waals surface area contributed by atoms with Crippen molar-refractivity contribution in [3.63, 3.8) is 0 Å². The first-order valence-electron chi connectivity index (χ1n) is 10.9. The predicted octanol–water partition coefficient (Wildman–Crippen LogP) is 2.60. The Bertz CT molecular complexity index is 865. The van der Waals surface area contributed by atoms with E-state index < -0.39 is 11.5 Å². The summed E-state index contributed by atoms with van der Waals surface area (Å²) in [6.07, 6.45) is 6.80. The quantitative estimate of drug-likeness (QED) is 0.740. The first-order chi connectivity index (χ1) is 14.6. The number of likely N-dealkylation sites (tertiary alicyclic amines) is 1. The molecule has 0 radical (unpaired) electrons. The van der Waals surface area contributed by atoms with Crippen LogP contribution in [-0.2, 0) is 16.0 Å². The van der Waals surface area contributed by atoms with Gasteiger partial charge < -0.3 is 16.0 Å². The van der Waals surface area contributed by atoms with Crippen molar-refractivity contribution < 1.29 is 9.59 Å². The number of benzene rings is 1. The Hall–Kier alpha value is -2.73.